The molecule has 4 rings (SSSR count). The van der Waals surface area contributed by atoms with Gasteiger partial charge < -0.3 is 19.8 Å². The molecular weight excluding hydrogens is 425 g/mol. The summed E-state index contributed by atoms with van der Waals surface area (Å²) >= 11 is 0. The minimum absolute atomic E-state index is 0.0311. The molecule has 1 N–H and O–H groups in total. The number of hydrogen-bond acceptors (Lipinski definition) is 5. The fraction of sp³-hybridized carbons (Fsp3) is 0.320. The lowest BCUT2D eigenvalue weighted by atomic mass is 9.81. The second kappa shape index (κ2) is 8.12. The first-order valence-corrected chi connectivity index (χ1v) is 10.7. The topological polar surface area (TPSA) is 81.2 Å². The van der Waals surface area contributed by atoms with Gasteiger partial charge in [0, 0.05) is 30.4 Å². The Kier molecular flexibility index (Phi) is 5.57. The molecule has 1 atom stereocenters. The number of benzene rings is 2. The summed E-state index contributed by atoms with van der Waals surface area (Å²) in [4.78, 5) is 45.0. The molecule has 1 saturated heterocycles. The number of carbonyl (C=O) groups is 3. The summed E-state index contributed by atoms with van der Waals surface area (Å²) < 4.78 is 14.3. The Hall–Kier alpha value is -3.52. The summed E-state index contributed by atoms with van der Waals surface area (Å²) in [5.74, 6) is -3.47. The maximum absolute atomic E-state index is 14.3. The van der Waals surface area contributed by atoms with Crippen molar-refractivity contribution in [3.63, 3.8) is 0 Å². The molecule has 0 radical (unpaired) electrons. The standard InChI is InChI=1S/C25H26FN3O4/c1-15-10-11-16(14-18(15)26)21(30)20-22(31)23(32)29(13-7-12-27(2)3)25(20)17-8-5-6-9-19(17)28(4)24(25)33/h5-6,8-11,14,30H,7,12-13H2,1-4H3. The van der Waals surface area contributed by atoms with Crippen LogP contribution in [0.3, 0.4) is 0 Å². The molecule has 2 aromatic carbocycles. The Morgan fingerprint density at radius 1 is 1.12 bits per heavy atom. The van der Waals surface area contributed by atoms with Crippen LogP contribution in [-0.2, 0) is 19.9 Å². The van der Waals surface area contributed by atoms with E-state index in [1.807, 2.05) is 19.0 Å². The van der Waals surface area contributed by atoms with Crippen molar-refractivity contribution in [1.29, 1.82) is 0 Å². The van der Waals surface area contributed by atoms with E-state index in [1.165, 1.54) is 21.9 Å². The largest absolute Gasteiger partial charge is 0.507 e. The first-order valence-electron chi connectivity index (χ1n) is 10.7. The third kappa shape index (κ3) is 3.24. The zero-order chi connectivity index (χ0) is 24.1. The fourth-order valence-corrected chi connectivity index (χ4v) is 4.70. The van der Waals surface area contributed by atoms with Crippen LogP contribution in [0.1, 0.15) is 23.1 Å². The van der Waals surface area contributed by atoms with Crippen molar-refractivity contribution >= 4 is 29.0 Å². The van der Waals surface area contributed by atoms with E-state index in [9.17, 15) is 23.9 Å². The SMILES string of the molecule is Cc1ccc(C(O)=C2C(=O)C(=O)N(CCCN(C)C)C23C(=O)N(C)c2ccccc23)cc1F. The molecule has 2 amide bonds. The Morgan fingerprint density at radius 2 is 1.82 bits per heavy atom. The number of Topliss-reactive ketones (excluding diaryl/α,β-unsaturated/α-hetero) is 1. The molecule has 172 valence electrons. The molecule has 33 heavy (non-hydrogen) atoms. The van der Waals surface area contributed by atoms with Crippen molar-refractivity contribution in [2.45, 2.75) is 18.9 Å². The van der Waals surface area contributed by atoms with E-state index in [0.717, 1.165) is 6.07 Å². The minimum Gasteiger partial charge on any atom is -0.507 e. The van der Waals surface area contributed by atoms with Gasteiger partial charge in [0.15, 0.2) is 5.54 Å². The van der Waals surface area contributed by atoms with Crippen LogP contribution in [0.15, 0.2) is 48.0 Å². The maximum atomic E-state index is 14.3. The normalized spacial score (nSPS) is 21.6. The van der Waals surface area contributed by atoms with Gasteiger partial charge in [0.2, 0.25) is 0 Å². The number of likely N-dealkylation sites (N-methyl/N-ethyl adjacent to an activating group) is 1. The summed E-state index contributed by atoms with van der Waals surface area (Å²) in [6.07, 6.45) is 0.514. The van der Waals surface area contributed by atoms with Gasteiger partial charge in [-0.2, -0.15) is 0 Å². The Morgan fingerprint density at radius 3 is 2.48 bits per heavy atom. The Balaban J connectivity index is 2.00. The number of fused-ring (bicyclic) bond motifs is 2. The van der Waals surface area contributed by atoms with Gasteiger partial charge in [0.25, 0.3) is 17.6 Å². The number of aliphatic hydroxyl groups is 1. The zero-order valence-electron chi connectivity index (χ0n) is 19.1. The van der Waals surface area contributed by atoms with Gasteiger partial charge in [-0.25, -0.2) is 4.39 Å². The molecule has 2 aliphatic rings. The van der Waals surface area contributed by atoms with Gasteiger partial charge in [-0.05, 0) is 51.7 Å². The summed E-state index contributed by atoms with van der Waals surface area (Å²) in [6, 6.07) is 10.9. The molecule has 2 aromatic rings. The Bertz CT molecular complexity index is 1210. The molecule has 0 bridgehead atoms. The van der Waals surface area contributed by atoms with Gasteiger partial charge in [-0.3, -0.25) is 14.4 Å². The number of aryl methyl sites for hydroxylation is 1. The second-order valence-corrected chi connectivity index (χ2v) is 8.72. The van der Waals surface area contributed by atoms with Crippen molar-refractivity contribution in [3.05, 3.63) is 70.5 Å². The van der Waals surface area contributed by atoms with Crippen LogP contribution >= 0.6 is 0 Å². The molecule has 0 saturated carbocycles. The number of halogens is 1. The van der Waals surface area contributed by atoms with E-state index in [2.05, 4.69) is 0 Å². The fourth-order valence-electron chi connectivity index (χ4n) is 4.70. The van der Waals surface area contributed by atoms with E-state index in [-0.39, 0.29) is 17.7 Å². The predicted octanol–water partition coefficient (Wildman–Crippen LogP) is 2.64. The van der Waals surface area contributed by atoms with E-state index in [1.54, 1.807) is 38.2 Å². The first kappa shape index (κ1) is 22.7. The van der Waals surface area contributed by atoms with Crippen molar-refractivity contribution in [2.24, 2.45) is 0 Å². The molecule has 2 aliphatic heterocycles. The minimum atomic E-state index is -1.81. The summed E-state index contributed by atoms with van der Waals surface area (Å²) in [5.41, 5.74) is -0.755. The summed E-state index contributed by atoms with van der Waals surface area (Å²) in [6.45, 7) is 2.34. The molecule has 1 fully saturated rings. The molecule has 1 unspecified atom stereocenters. The monoisotopic (exact) mass is 451 g/mol. The van der Waals surface area contributed by atoms with Crippen LogP contribution in [0.5, 0.6) is 0 Å². The van der Waals surface area contributed by atoms with Crippen molar-refractivity contribution in [2.75, 3.05) is 39.1 Å². The number of hydrogen-bond donors (Lipinski definition) is 1. The van der Waals surface area contributed by atoms with Crippen molar-refractivity contribution in [1.82, 2.24) is 9.80 Å². The highest BCUT2D eigenvalue weighted by Gasteiger charge is 2.66. The highest BCUT2D eigenvalue weighted by Crippen LogP contribution is 2.53. The van der Waals surface area contributed by atoms with Crippen LogP contribution in [-0.4, -0.2) is 66.7 Å². The lowest BCUT2D eigenvalue weighted by Gasteiger charge is -2.34. The van der Waals surface area contributed by atoms with Crippen molar-refractivity contribution < 1.29 is 23.9 Å². The van der Waals surface area contributed by atoms with E-state index in [4.69, 9.17) is 0 Å². The maximum Gasteiger partial charge on any atom is 0.296 e. The van der Waals surface area contributed by atoms with E-state index in [0.29, 0.717) is 29.8 Å². The number of para-hydroxylation sites is 1. The van der Waals surface area contributed by atoms with Gasteiger partial charge >= 0.3 is 0 Å². The number of nitrogens with zero attached hydrogens (tertiary/aromatic N) is 3. The molecule has 8 heteroatoms. The number of anilines is 1. The zero-order valence-corrected chi connectivity index (χ0v) is 19.1. The number of carbonyl (C=O) groups excluding carboxylic acids is 3. The van der Waals surface area contributed by atoms with Gasteiger partial charge in [-0.1, -0.05) is 30.3 Å². The molecule has 7 nitrogen and oxygen atoms in total. The van der Waals surface area contributed by atoms with Gasteiger partial charge in [0.1, 0.15) is 11.6 Å². The highest BCUT2D eigenvalue weighted by atomic mass is 19.1. The van der Waals surface area contributed by atoms with Crippen molar-refractivity contribution in [3.8, 4) is 0 Å². The highest BCUT2D eigenvalue weighted by molar-refractivity contribution is 6.50. The third-order valence-corrected chi connectivity index (χ3v) is 6.37. The van der Waals surface area contributed by atoms with Crippen LogP contribution < -0.4 is 4.90 Å². The quantitative estimate of drug-likeness (QED) is 0.430. The molecule has 1 spiro atoms. The number of rotatable bonds is 5. The lowest BCUT2D eigenvalue weighted by Crippen LogP contribution is -2.51. The average Bonchev–Trinajstić information content (AvgIpc) is 3.14. The second-order valence-electron chi connectivity index (χ2n) is 8.72. The molecule has 2 heterocycles. The van der Waals surface area contributed by atoms with E-state index >= 15 is 0 Å². The van der Waals surface area contributed by atoms with Crippen LogP contribution in [0, 0.1) is 12.7 Å². The van der Waals surface area contributed by atoms with Gasteiger partial charge in [-0.15, -0.1) is 0 Å². The number of amides is 2. The smallest absolute Gasteiger partial charge is 0.296 e. The lowest BCUT2D eigenvalue weighted by molar-refractivity contribution is -0.143. The average molecular weight is 451 g/mol. The predicted molar refractivity (Wildman–Crippen MR) is 122 cm³/mol. The van der Waals surface area contributed by atoms with E-state index < -0.39 is 34.7 Å². The van der Waals surface area contributed by atoms with Crippen LogP contribution in [0.25, 0.3) is 5.76 Å². The molecular formula is C25H26FN3O4. The molecule has 0 aliphatic carbocycles. The third-order valence-electron chi connectivity index (χ3n) is 6.37. The number of likely N-dealkylation sites (tertiary alicyclic amines) is 1. The summed E-state index contributed by atoms with van der Waals surface area (Å²) in [7, 11) is 5.35. The number of aliphatic hydroxyl groups excluding tert-OH is 1. The first-order chi connectivity index (χ1) is 15.6. The van der Waals surface area contributed by atoms with Gasteiger partial charge in [0.05, 0.1) is 5.57 Å². The Labute approximate surface area is 191 Å². The van der Waals surface area contributed by atoms with Crippen LogP contribution in [0.4, 0.5) is 10.1 Å². The molecule has 0 aromatic heterocycles. The number of ketones is 1. The van der Waals surface area contributed by atoms with Crippen LogP contribution in [0.2, 0.25) is 0 Å². The summed E-state index contributed by atoms with van der Waals surface area (Å²) in [5, 5.41) is 11.2.